The summed E-state index contributed by atoms with van der Waals surface area (Å²) in [5, 5.41) is 0. The Morgan fingerprint density at radius 2 is 1.93 bits per heavy atom. The maximum absolute atomic E-state index is 6.05. The Hall–Kier alpha value is -0.960. The van der Waals surface area contributed by atoms with Gasteiger partial charge in [-0.3, -0.25) is 9.97 Å². The molecule has 1 aromatic rings. The van der Waals surface area contributed by atoms with E-state index in [0.29, 0.717) is 5.41 Å². The molecule has 3 heteroatoms. The van der Waals surface area contributed by atoms with Crippen molar-refractivity contribution in [2.45, 2.75) is 46.6 Å². The molecular weight excluding hydrogens is 186 g/mol. The molecule has 1 rings (SSSR count). The third kappa shape index (κ3) is 4.38. The molecule has 0 saturated carbocycles. The normalized spacial score (nSPS) is 13.9. The van der Waals surface area contributed by atoms with Crippen LogP contribution >= 0.6 is 0 Å². The molecule has 1 atom stereocenters. The van der Waals surface area contributed by atoms with E-state index in [1.54, 1.807) is 12.4 Å². The standard InChI is InChI=1S/C12H21N3/c1-9-7-15-11(8-14-9)10(13)5-6-12(2,3)4/h7-8,10H,5-6,13H2,1-4H3. The molecule has 1 unspecified atom stereocenters. The summed E-state index contributed by atoms with van der Waals surface area (Å²) in [5.74, 6) is 0. The lowest BCUT2D eigenvalue weighted by molar-refractivity contribution is 0.348. The minimum atomic E-state index is 0.0114. The van der Waals surface area contributed by atoms with E-state index in [0.717, 1.165) is 24.2 Å². The van der Waals surface area contributed by atoms with Crippen molar-refractivity contribution in [3.8, 4) is 0 Å². The molecule has 0 spiro atoms. The van der Waals surface area contributed by atoms with Crippen LogP contribution in [0.15, 0.2) is 12.4 Å². The van der Waals surface area contributed by atoms with Crippen LogP contribution in [0.2, 0.25) is 0 Å². The molecule has 1 aromatic heterocycles. The SMILES string of the molecule is Cc1cnc(C(N)CCC(C)(C)C)cn1. The molecule has 0 aliphatic heterocycles. The summed E-state index contributed by atoms with van der Waals surface area (Å²) in [4.78, 5) is 8.49. The van der Waals surface area contributed by atoms with E-state index in [1.165, 1.54) is 0 Å². The minimum absolute atomic E-state index is 0.0114. The summed E-state index contributed by atoms with van der Waals surface area (Å²) in [5.41, 5.74) is 8.20. The second kappa shape index (κ2) is 4.71. The second-order valence-corrected chi connectivity index (χ2v) is 5.29. The van der Waals surface area contributed by atoms with Crippen LogP contribution in [0.3, 0.4) is 0 Å². The van der Waals surface area contributed by atoms with Gasteiger partial charge in [-0.2, -0.15) is 0 Å². The average Bonchev–Trinajstić information content (AvgIpc) is 2.14. The molecule has 0 fully saturated rings. The molecule has 15 heavy (non-hydrogen) atoms. The van der Waals surface area contributed by atoms with Gasteiger partial charge in [-0.15, -0.1) is 0 Å². The quantitative estimate of drug-likeness (QED) is 0.829. The van der Waals surface area contributed by atoms with Crippen molar-refractivity contribution in [1.82, 2.24) is 9.97 Å². The number of rotatable bonds is 3. The zero-order chi connectivity index (χ0) is 11.5. The van der Waals surface area contributed by atoms with Gasteiger partial charge in [-0.05, 0) is 25.2 Å². The molecule has 0 amide bonds. The molecule has 1 heterocycles. The van der Waals surface area contributed by atoms with Crippen LogP contribution in [0.4, 0.5) is 0 Å². The van der Waals surface area contributed by atoms with Gasteiger partial charge < -0.3 is 5.73 Å². The Kier molecular flexibility index (Phi) is 3.80. The van der Waals surface area contributed by atoms with Gasteiger partial charge >= 0.3 is 0 Å². The van der Waals surface area contributed by atoms with Crippen LogP contribution in [0, 0.1) is 12.3 Å². The summed E-state index contributed by atoms with van der Waals surface area (Å²) in [6.07, 6.45) is 5.61. The first-order valence-corrected chi connectivity index (χ1v) is 5.42. The largest absolute Gasteiger partial charge is 0.323 e. The lowest BCUT2D eigenvalue weighted by Crippen LogP contribution is -2.16. The number of hydrogen-bond donors (Lipinski definition) is 1. The van der Waals surface area contributed by atoms with E-state index in [1.807, 2.05) is 6.92 Å². The summed E-state index contributed by atoms with van der Waals surface area (Å²) in [6.45, 7) is 8.60. The Morgan fingerprint density at radius 1 is 1.27 bits per heavy atom. The van der Waals surface area contributed by atoms with Crippen LogP contribution in [-0.4, -0.2) is 9.97 Å². The van der Waals surface area contributed by atoms with E-state index in [-0.39, 0.29) is 6.04 Å². The highest BCUT2D eigenvalue weighted by Crippen LogP contribution is 2.24. The summed E-state index contributed by atoms with van der Waals surface area (Å²) in [6, 6.07) is 0.0114. The van der Waals surface area contributed by atoms with Crippen molar-refractivity contribution < 1.29 is 0 Å². The first-order chi connectivity index (χ1) is 6.88. The molecular formula is C12H21N3. The molecule has 3 nitrogen and oxygen atoms in total. The van der Waals surface area contributed by atoms with Gasteiger partial charge in [0.2, 0.25) is 0 Å². The number of nitrogens with two attached hydrogens (primary N) is 1. The van der Waals surface area contributed by atoms with Gasteiger partial charge in [-0.1, -0.05) is 20.8 Å². The fourth-order valence-corrected chi connectivity index (χ4v) is 1.33. The molecule has 0 bridgehead atoms. The lowest BCUT2D eigenvalue weighted by atomic mass is 9.88. The molecule has 2 N–H and O–H groups in total. The lowest BCUT2D eigenvalue weighted by Gasteiger charge is -2.20. The topological polar surface area (TPSA) is 51.8 Å². The summed E-state index contributed by atoms with van der Waals surface area (Å²) >= 11 is 0. The van der Waals surface area contributed by atoms with Crippen LogP contribution in [-0.2, 0) is 0 Å². The highest BCUT2D eigenvalue weighted by Gasteiger charge is 2.14. The van der Waals surface area contributed by atoms with Gasteiger partial charge in [0.15, 0.2) is 0 Å². The smallest absolute Gasteiger partial charge is 0.0754 e. The molecule has 0 radical (unpaired) electrons. The first-order valence-electron chi connectivity index (χ1n) is 5.42. The maximum Gasteiger partial charge on any atom is 0.0754 e. The van der Waals surface area contributed by atoms with Crippen LogP contribution in [0.25, 0.3) is 0 Å². The Morgan fingerprint density at radius 3 is 2.40 bits per heavy atom. The number of nitrogens with zero attached hydrogens (tertiary/aromatic N) is 2. The zero-order valence-electron chi connectivity index (χ0n) is 10.1. The van der Waals surface area contributed by atoms with Gasteiger partial charge in [0.25, 0.3) is 0 Å². The van der Waals surface area contributed by atoms with Gasteiger partial charge in [-0.25, -0.2) is 0 Å². The Balaban J connectivity index is 2.54. The first kappa shape index (κ1) is 12.1. The predicted octanol–water partition coefficient (Wildman–Crippen LogP) is 2.61. The number of aromatic nitrogens is 2. The second-order valence-electron chi connectivity index (χ2n) is 5.29. The van der Waals surface area contributed by atoms with Gasteiger partial charge in [0.1, 0.15) is 0 Å². The van der Waals surface area contributed by atoms with Gasteiger partial charge in [0, 0.05) is 12.2 Å². The van der Waals surface area contributed by atoms with E-state index in [9.17, 15) is 0 Å². The summed E-state index contributed by atoms with van der Waals surface area (Å²) in [7, 11) is 0. The summed E-state index contributed by atoms with van der Waals surface area (Å²) < 4.78 is 0. The third-order valence-electron chi connectivity index (χ3n) is 2.39. The fourth-order valence-electron chi connectivity index (χ4n) is 1.33. The van der Waals surface area contributed by atoms with E-state index < -0.39 is 0 Å². The molecule has 0 saturated heterocycles. The molecule has 0 aliphatic rings. The van der Waals surface area contributed by atoms with Crippen molar-refractivity contribution >= 4 is 0 Å². The van der Waals surface area contributed by atoms with Crippen molar-refractivity contribution in [3.63, 3.8) is 0 Å². The number of aryl methyl sites for hydroxylation is 1. The molecule has 84 valence electrons. The Labute approximate surface area is 92.1 Å². The van der Waals surface area contributed by atoms with Gasteiger partial charge in [0.05, 0.1) is 17.6 Å². The van der Waals surface area contributed by atoms with Crippen molar-refractivity contribution in [2.24, 2.45) is 11.1 Å². The molecule has 0 aliphatic carbocycles. The van der Waals surface area contributed by atoms with E-state index in [4.69, 9.17) is 5.73 Å². The van der Waals surface area contributed by atoms with Crippen LogP contribution in [0.5, 0.6) is 0 Å². The third-order valence-corrected chi connectivity index (χ3v) is 2.39. The number of hydrogen-bond acceptors (Lipinski definition) is 3. The Bertz CT molecular complexity index is 298. The van der Waals surface area contributed by atoms with E-state index >= 15 is 0 Å². The molecule has 0 aromatic carbocycles. The van der Waals surface area contributed by atoms with Crippen LogP contribution in [0.1, 0.15) is 51.0 Å². The van der Waals surface area contributed by atoms with E-state index in [2.05, 4.69) is 30.7 Å². The fraction of sp³-hybridized carbons (Fsp3) is 0.667. The zero-order valence-corrected chi connectivity index (χ0v) is 10.1. The van der Waals surface area contributed by atoms with Crippen molar-refractivity contribution in [3.05, 3.63) is 23.8 Å². The van der Waals surface area contributed by atoms with Crippen LogP contribution < -0.4 is 5.73 Å². The average molecular weight is 207 g/mol. The maximum atomic E-state index is 6.05. The predicted molar refractivity (Wildman–Crippen MR) is 62.4 cm³/mol. The minimum Gasteiger partial charge on any atom is -0.323 e. The monoisotopic (exact) mass is 207 g/mol. The van der Waals surface area contributed by atoms with Crippen molar-refractivity contribution in [2.75, 3.05) is 0 Å². The van der Waals surface area contributed by atoms with Crippen molar-refractivity contribution in [1.29, 1.82) is 0 Å². The highest BCUT2D eigenvalue weighted by atomic mass is 14.8. The highest BCUT2D eigenvalue weighted by molar-refractivity contribution is 5.05.